The second-order valence-electron chi connectivity index (χ2n) is 6.12. The summed E-state index contributed by atoms with van der Waals surface area (Å²) in [7, 11) is 0. The Morgan fingerprint density at radius 2 is 1.71 bits per heavy atom. The minimum Gasteiger partial charge on any atom is -0.378 e. The number of carbonyl (C=O) groups is 1. The number of alkyl halides is 3. The van der Waals surface area contributed by atoms with Gasteiger partial charge in [-0.05, 0) is 30.4 Å². The zero-order valence-electron chi connectivity index (χ0n) is 13.3. The molecule has 0 atom stereocenters. The van der Waals surface area contributed by atoms with Crippen LogP contribution >= 0.6 is 0 Å². The highest BCUT2D eigenvalue weighted by Crippen LogP contribution is 2.31. The average Bonchev–Trinajstić information content (AvgIpc) is 2.61. The topological polar surface area (TPSA) is 45.7 Å². The van der Waals surface area contributed by atoms with Crippen LogP contribution in [0.1, 0.15) is 30.0 Å². The zero-order chi connectivity index (χ0) is 17.2. The molecule has 0 spiro atoms. The van der Waals surface area contributed by atoms with E-state index < -0.39 is 11.9 Å². The summed E-state index contributed by atoms with van der Waals surface area (Å²) in [5.41, 5.74) is -0.0624. The summed E-state index contributed by atoms with van der Waals surface area (Å²) in [5.74, 6) is 0.147. The second kappa shape index (κ2) is 6.96. The predicted octanol–water partition coefficient (Wildman–Crippen LogP) is 2.73. The standard InChI is InChI=1S/C16H20F3N3O2/c17-16(18,19)14-2-1-13(11-20-14)12-3-5-21(6-4-12)15(23)22-7-9-24-10-8-22/h1-2,11-12H,3-10H2. The third kappa shape index (κ3) is 3.80. The fraction of sp³-hybridized carbons (Fsp3) is 0.625. The minimum absolute atomic E-state index is 0.0299. The summed E-state index contributed by atoms with van der Waals surface area (Å²) in [5, 5.41) is 0. The maximum Gasteiger partial charge on any atom is 0.433 e. The lowest BCUT2D eigenvalue weighted by atomic mass is 9.90. The number of aromatic nitrogens is 1. The van der Waals surface area contributed by atoms with Crippen molar-refractivity contribution in [2.45, 2.75) is 24.9 Å². The van der Waals surface area contributed by atoms with Crippen LogP contribution in [0.2, 0.25) is 0 Å². The number of halogens is 3. The molecule has 0 bridgehead atoms. The number of rotatable bonds is 1. The van der Waals surface area contributed by atoms with Crippen LogP contribution in [-0.2, 0) is 10.9 Å². The van der Waals surface area contributed by atoms with Crippen molar-refractivity contribution in [2.75, 3.05) is 39.4 Å². The van der Waals surface area contributed by atoms with Crippen molar-refractivity contribution in [1.29, 1.82) is 0 Å². The van der Waals surface area contributed by atoms with Crippen molar-refractivity contribution >= 4 is 6.03 Å². The van der Waals surface area contributed by atoms with Gasteiger partial charge in [0.05, 0.1) is 13.2 Å². The van der Waals surface area contributed by atoms with Crippen LogP contribution in [0, 0.1) is 0 Å². The van der Waals surface area contributed by atoms with E-state index in [1.807, 2.05) is 4.90 Å². The highest BCUT2D eigenvalue weighted by molar-refractivity contribution is 5.74. The zero-order valence-corrected chi connectivity index (χ0v) is 13.3. The van der Waals surface area contributed by atoms with E-state index in [2.05, 4.69) is 4.98 Å². The summed E-state index contributed by atoms with van der Waals surface area (Å²) in [4.78, 5) is 19.5. The summed E-state index contributed by atoms with van der Waals surface area (Å²) >= 11 is 0. The Kier molecular flexibility index (Phi) is 4.93. The Labute approximate surface area is 138 Å². The maximum absolute atomic E-state index is 12.6. The van der Waals surface area contributed by atoms with Crippen LogP contribution in [0.3, 0.4) is 0 Å². The van der Waals surface area contributed by atoms with Crippen molar-refractivity contribution in [3.63, 3.8) is 0 Å². The van der Waals surface area contributed by atoms with Crippen LogP contribution < -0.4 is 0 Å². The van der Waals surface area contributed by atoms with Crippen LogP contribution in [0.15, 0.2) is 18.3 Å². The summed E-state index contributed by atoms with van der Waals surface area (Å²) in [6, 6.07) is 2.56. The van der Waals surface area contributed by atoms with E-state index in [9.17, 15) is 18.0 Å². The van der Waals surface area contributed by atoms with Crippen molar-refractivity contribution < 1.29 is 22.7 Å². The molecule has 0 saturated carbocycles. The van der Waals surface area contributed by atoms with Crippen LogP contribution in [0.5, 0.6) is 0 Å². The number of ether oxygens (including phenoxy) is 1. The number of hydrogen-bond acceptors (Lipinski definition) is 3. The SMILES string of the molecule is O=C(N1CCOCC1)N1CCC(c2ccc(C(F)(F)F)nc2)CC1. The molecule has 1 aromatic heterocycles. The van der Waals surface area contributed by atoms with Gasteiger partial charge in [-0.3, -0.25) is 4.98 Å². The summed E-state index contributed by atoms with van der Waals surface area (Å²) < 4.78 is 42.9. The Bertz CT molecular complexity index is 563. The normalized spacial score (nSPS) is 20.3. The molecule has 8 heteroatoms. The third-order valence-electron chi connectivity index (χ3n) is 4.60. The summed E-state index contributed by atoms with van der Waals surface area (Å²) in [6.45, 7) is 3.59. The molecule has 2 aliphatic heterocycles. The Morgan fingerprint density at radius 3 is 2.25 bits per heavy atom. The van der Waals surface area contributed by atoms with Gasteiger partial charge in [0.2, 0.25) is 0 Å². The van der Waals surface area contributed by atoms with Gasteiger partial charge in [0.15, 0.2) is 0 Å². The smallest absolute Gasteiger partial charge is 0.378 e. The van der Waals surface area contributed by atoms with Crippen LogP contribution in [-0.4, -0.2) is 60.2 Å². The molecule has 0 aliphatic carbocycles. The first-order valence-electron chi connectivity index (χ1n) is 8.10. The number of piperidine rings is 1. The fourth-order valence-electron chi connectivity index (χ4n) is 3.17. The van der Waals surface area contributed by atoms with E-state index in [-0.39, 0.29) is 11.9 Å². The molecule has 2 aliphatic rings. The number of urea groups is 1. The molecule has 0 unspecified atom stereocenters. The van der Waals surface area contributed by atoms with Crippen molar-refractivity contribution in [3.05, 3.63) is 29.6 Å². The number of likely N-dealkylation sites (tertiary alicyclic amines) is 1. The molecule has 0 radical (unpaired) electrons. The number of nitrogens with zero attached hydrogens (tertiary/aromatic N) is 3. The Morgan fingerprint density at radius 1 is 1.08 bits per heavy atom. The predicted molar refractivity (Wildman–Crippen MR) is 80.6 cm³/mol. The van der Waals surface area contributed by atoms with Crippen LogP contribution in [0.25, 0.3) is 0 Å². The van der Waals surface area contributed by atoms with Gasteiger partial charge in [0.25, 0.3) is 0 Å². The average molecular weight is 343 g/mol. The molecule has 24 heavy (non-hydrogen) atoms. The van der Waals surface area contributed by atoms with Gasteiger partial charge >= 0.3 is 12.2 Å². The number of morpholine rings is 1. The molecule has 2 saturated heterocycles. The van der Waals surface area contributed by atoms with Gasteiger partial charge in [0, 0.05) is 32.4 Å². The molecule has 1 aromatic rings. The molecular formula is C16H20F3N3O2. The first-order chi connectivity index (χ1) is 11.4. The lowest BCUT2D eigenvalue weighted by molar-refractivity contribution is -0.141. The fourth-order valence-corrected chi connectivity index (χ4v) is 3.17. The molecule has 0 aromatic carbocycles. The van der Waals surface area contributed by atoms with E-state index in [1.165, 1.54) is 12.3 Å². The number of amides is 2. The molecule has 0 N–H and O–H groups in total. The first kappa shape index (κ1) is 17.0. The lowest BCUT2D eigenvalue weighted by Crippen LogP contribution is -2.50. The number of carbonyl (C=O) groups excluding carboxylic acids is 1. The largest absolute Gasteiger partial charge is 0.433 e. The van der Waals surface area contributed by atoms with E-state index in [0.29, 0.717) is 39.4 Å². The molecule has 3 heterocycles. The monoisotopic (exact) mass is 343 g/mol. The van der Waals surface area contributed by atoms with E-state index in [0.717, 1.165) is 24.5 Å². The first-order valence-corrected chi connectivity index (χ1v) is 8.10. The molecule has 2 fully saturated rings. The van der Waals surface area contributed by atoms with Gasteiger partial charge in [-0.1, -0.05) is 6.07 Å². The number of pyridine rings is 1. The van der Waals surface area contributed by atoms with Gasteiger partial charge in [-0.25, -0.2) is 4.79 Å². The maximum atomic E-state index is 12.6. The molecule has 3 rings (SSSR count). The van der Waals surface area contributed by atoms with Crippen molar-refractivity contribution in [1.82, 2.24) is 14.8 Å². The molecule has 5 nitrogen and oxygen atoms in total. The molecular weight excluding hydrogens is 323 g/mol. The third-order valence-corrected chi connectivity index (χ3v) is 4.60. The lowest BCUT2D eigenvalue weighted by Gasteiger charge is -2.37. The number of hydrogen-bond donors (Lipinski definition) is 0. The van der Waals surface area contributed by atoms with Crippen molar-refractivity contribution in [3.8, 4) is 0 Å². The van der Waals surface area contributed by atoms with Crippen LogP contribution in [0.4, 0.5) is 18.0 Å². The van der Waals surface area contributed by atoms with Gasteiger partial charge < -0.3 is 14.5 Å². The van der Waals surface area contributed by atoms with E-state index in [1.54, 1.807) is 4.90 Å². The quantitative estimate of drug-likeness (QED) is 0.788. The van der Waals surface area contributed by atoms with E-state index in [4.69, 9.17) is 4.74 Å². The molecule has 132 valence electrons. The highest BCUT2D eigenvalue weighted by atomic mass is 19.4. The van der Waals surface area contributed by atoms with Crippen molar-refractivity contribution in [2.24, 2.45) is 0 Å². The Balaban J connectivity index is 1.55. The Hall–Kier alpha value is -1.83. The van der Waals surface area contributed by atoms with E-state index >= 15 is 0 Å². The van der Waals surface area contributed by atoms with Gasteiger partial charge in [-0.2, -0.15) is 13.2 Å². The van der Waals surface area contributed by atoms with Gasteiger partial charge in [-0.15, -0.1) is 0 Å². The van der Waals surface area contributed by atoms with Gasteiger partial charge in [0.1, 0.15) is 5.69 Å². The molecule has 2 amide bonds. The minimum atomic E-state index is -4.41. The highest BCUT2D eigenvalue weighted by Gasteiger charge is 2.33. The second-order valence-corrected chi connectivity index (χ2v) is 6.12. The summed E-state index contributed by atoms with van der Waals surface area (Å²) in [6.07, 6.45) is -1.62.